The number of ether oxygens (including phenoxy) is 1. The lowest BCUT2D eigenvalue weighted by Crippen LogP contribution is -2.48. The van der Waals surface area contributed by atoms with Crippen molar-refractivity contribution in [3.8, 4) is 5.75 Å². The predicted octanol–water partition coefficient (Wildman–Crippen LogP) is 4.83. The van der Waals surface area contributed by atoms with Crippen molar-refractivity contribution in [2.24, 2.45) is 0 Å². The first-order chi connectivity index (χ1) is 14.6. The Hall–Kier alpha value is -2.25. The number of anilines is 1. The van der Waals surface area contributed by atoms with Crippen molar-refractivity contribution in [3.05, 3.63) is 48.0 Å². The minimum atomic E-state index is 0.271. The number of piperazine rings is 1. The fraction of sp³-hybridized carbons (Fsp3) is 0.391. The van der Waals surface area contributed by atoms with Gasteiger partial charge >= 0.3 is 0 Å². The molecule has 0 unspecified atom stereocenters. The van der Waals surface area contributed by atoms with Crippen LogP contribution in [0.5, 0.6) is 5.75 Å². The number of thiazole rings is 1. The highest BCUT2D eigenvalue weighted by Gasteiger charge is 2.22. The number of carbonyl (C=O) groups is 1. The van der Waals surface area contributed by atoms with Crippen LogP contribution < -0.4 is 9.64 Å². The lowest BCUT2D eigenvalue weighted by molar-refractivity contribution is -0.131. The number of hydrogen-bond donors (Lipinski definition) is 0. The van der Waals surface area contributed by atoms with E-state index in [9.17, 15) is 4.79 Å². The molecule has 158 valence electrons. The van der Waals surface area contributed by atoms with Crippen molar-refractivity contribution < 1.29 is 9.53 Å². The summed E-state index contributed by atoms with van der Waals surface area (Å²) >= 11 is 3.51. The summed E-state index contributed by atoms with van der Waals surface area (Å²) in [5, 5.41) is 1.03. The fourth-order valence-corrected chi connectivity index (χ4v) is 5.41. The Labute approximate surface area is 186 Å². The van der Waals surface area contributed by atoms with Gasteiger partial charge in [0, 0.05) is 37.5 Å². The number of thioether (sulfide) groups is 1. The second-order valence-corrected chi connectivity index (χ2v) is 9.64. The molecule has 1 aliphatic rings. The number of rotatable bonds is 7. The number of methoxy groups -OCH3 is 1. The van der Waals surface area contributed by atoms with Crippen LogP contribution >= 0.6 is 23.1 Å². The number of fused-ring (bicyclic) bond motifs is 1. The summed E-state index contributed by atoms with van der Waals surface area (Å²) in [4.78, 5) is 22.9. The second-order valence-electron chi connectivity index (χ2n) is 7.46. The molecule has 1 fully saturated rings. The molecule has 5 nitrogen and oxygen atoms in total. The highest BCUT2D eigenvalue weighted by atomic mass is 32.2. The molecule has 7 heteroatoms. The van der Waals surface area contributed by atoms with Crippen molar-refractivity contribution in [2.75, 3.05) is 43.9 Å². The van der Waals surface area contributed by atoms with E-state index >= 15 is 0 Å². The number of nitrogens with zero attached hydrogens (tertiary/aromatic N) is 3. The van der Waals surface area contributed by atoms with E-state index in [4.69, 9.17) is 9.72 Å². The van der Waals surface area contributed by atoms with Gasteiger partial charge in [0.1, 0.15) is 5.75 Å². The van der Waals surface area contributed by atoms with Crippen LogP contribution in [-0.4, -0.2) is 54.8 Å². The van der Waals surface area contributed by atoms with E-state index in [0.717, 1.165) is 59.5 Å². The minimum absolute atomic E-state index is 0.271. The molecule has 1 amide bonds. The summed E-state index contributed by atoms with van der Waals surface area (Å²) in [5.41, 5.74) is 2.28. The Kier molecular flexibility index (Phi) is 6.79. The van der Waals surface area contributed by atoms with Gasteiger partial charge in [0.15, 0.2) is 5.13 Å². The van der Waals surface area contributed by atoms with E-state index in [1.807, 2.05) is 34.9 Å². The zero-order valence-corrected chi connectivity index (χ0v) is 19.1. The minimum Gasteiger partial charge on any atom is -0.497 e. The van der Waals surface area contributed by atoms with Crippen LogP contribution in [0.25, 0.3) is 10.2 Å². The standard InChI is InChI=1S/C23H27N3O2S2/c1-17-5-8-19(9-6-17)29-15-3-4-22(27)25-11-13-26(14-12-25)23-24-20-10-7-18(28-2)16-21(20)30-23/h5-10,16H,3-4,11-15H2,1-2H3. The van der Waals surface area contributed by atoms with Gasteiger partial charge in [-0.15, -0.1) is 11.8 Å². The Morgan fingerprint density at radius 1 is 1.13 bits per heavy atom. The van der Waals surface area contributed by atoms with Crippen LogP contribution in [0.4, 0.5) is 5.13 Å². The number of carbonyl (C=O) groups excluding carboxylic acids is 1. The highest BCUT2D eigenvalue weighted by molar-refractivity contribution is 7.99. The maximum absolute atomic E-state index is 12.6. The van der Waals surface area contributed by atoms with Crippen LogP contribution in [0.3, 0.4) is 0 Å². The molecule has 0 saturated carbocycles. The van der Waals surface area contributed by atoms with E-state index in [2.05, 4.69) is 36.1 Å². The fourth-order valence-electron chi connectivity index (χ4n) is 3.51. The number of amides is 1. The molecule has 0 N–H and O–H groups in total. The Morgan fingerprint density at radius 2 is 1.90 bits per heavy atom. The average molecular weight is 442 g/mol. The van der Waals surface area contributed by atoms with Crippen LogP contribution in [0, 0.1) is 6.92 Å². The Bertz CT molecular complexity index is 995. The van der Waals surface area contributed by atoms with Gasteiger partial charge in [-0.05, 0) is 49.4 Å². The molecule has 0 spiro atoms. The Morgan fingerprint density at radius 3 is 2.63 bits per heavy atom. The van der Waals surface area contributed by atoms with Crippen LogP contribution in [0.15, 0.2) is 47.4 Å². The molecule has 4 rings (SSSR count). The van der Waals surface area contributed by atoms with E-state index in [-0.39, 0.29) is 5.91 Å². The van der Waals surface area contributed by atoms with Gasteiger partial charge in [0.25, 0.3) is 0 Å². The van der Waals surface area contributed by atoms with E-state index in [0.29, 0.717) is 6.42 Å². The van der Waals surface area contributed by atoms with Crippen molar-refractivity contribution in [1.82, 2.24) is 9.88 Å². The highest BCUT2D eigenvalue weighted by Crippen LogP contribution is 2.32. The van der Waals surface area contributed by atoms with Gasteiger partial charge in [0.05, 0.1) is 17.3 Å². The molecule has 1 saturated heterocycles. The first-order valence-electron chi connectivity index (χ1n) is 10.3. The third-order valence-corrected chi connectivity index (χ3v) is 7.49. The monoisotopic (exact) mass is 441 g/mol. The van der Waals surface area contributed by atoms with Crippen molar-refractivity contribution >= 4 is 44.4 Å². The summed E-state index contributed by atoms with van der Waals surface area (Å²) in [5.74, 6) is 2.10. The maximum atomic E-state index is 12.6. The molecule has 30 heavy (non-hydrogen) atoms. The molecular weight excluding hydrogens is 414 g/mol. The van der Waals surface area contributed by atoms with E-state index < -0.39 is 0 Å². The summed E-state index contributed by atoms with van der Waals surface area (Å²) in [6.07, 6.45) is 1.54. The summed E-state index contributed by atoms with van der Waals surface area (Å²) in [7, 11) is 1.68. The molecule has 3 aromatic rings. The average Bonchev–Trinajstić information content (AvgIpc) is 3.21. The Balaban J connectivity index is 1.23. The number of aromatic nitrogens is 1. The van der Waals surface area contributed by atoms with Crippen molar-refractivity contribution in [1.29, 1.82) is 0 Å². The van der Waals surface area contributed by atoms with Gasteiger partial charge in [-0.25, -0.2) is 4.98 Å². The zero-order chi connectivity index (χ0) is 20.9. The quantitative estimate of drug-likeness (QED) is 0.388. The van der Waals surface area contributed by atoms with Gasteiger partial charge in [0.2, 0.25) is 5.91 Å². The summed E-state index contributed by atoms with van der Waals surface area (Å²) in [6.45, 7) is 5.30. The summed E-state index contributed by atoms with van der Waals surface area (Å²) in [6, 6.07) is 14.6. The number of benzene rings is 2. The normalized spacial score (nSPS) is 14.3. The molecule has 0 bridgehead atoms. The maximum Gasteiger partial charge on any atom is 0.222 e. The molecule has 0 radical (unpaired) electrons. The zero-order valence-electron chi connectivity index (χ0n) is 17.5. The lowest BCUT2D eigenvalue weighted by atomic mass is 10.2. The van der Waals surface area contributed by atoms with E-state index in [1.165, 1.54) is 10.5 Å². The summed E-state index contributed by atoms with van der Waals surface area (Å²) < 4.78 is 6.44. The molecule has 0 aliphatic carbocycles. The van der Waals surface area contributed by atoms with Gasteiger partial charge in [-0.2, -0.15) is 0 Å². The molecule has 1 aromatic heterocycles. The SMILES string of the molecule is COc1ccc2nc(N3CCN(C(=O)CCCSc4ccc(C)cc4)CC3)sc2c1. The van der Waals surface area contributed by atoms with Crippen molar-refractivity contribution in [3.63, 3.8) is 0 Å². The van der Waals surface area contributed by atoms with E-state index in [1.54, 1.807) is 18.4 Å². The topological polar surface area (TPSA) is 45.7 Å². The van der Waals surface area contributed by atoms with Crippen LogP contribution in [-0.2, 0) is 4.79 Å². The lowest BCUT2D eigenvalue weighted by Gasteiger charge is -2.34. The van der Waals surface area contributed by atoms with Crippen molar-refractivity contribution in [2.45, 2.75) is 24.7 Å². The molecule has 0 atom stereocenters. The van der Waals surface area contributed by atoms with Gasteiger partial charge in [-0.3, -0.25) is 4.79 Å². The first kappa shape index (κ1) is 21.0. The number of hydrogen-bond acceptors (Lipinski definition) is 6. The largest absolute Gasteiger partial charge is 0.497 e. The molecule has 2 heterocycles. The third kappa shape index (κ3) is 5.08. The molecule has 1 aliphatic heterocycles. The van der Waals surface area contributed by atoms with Crippen LogP contribution in [0.1, 0.15) is 18.4 Å². The smallest absolute Gasteiger partial charge is 0.222 e. The van der Waals surface area contributed by atoms with Gasteiger partial charge in [-0.1, -0.05) is 29.0 Å². The first-order valence-corrected chi connectivity index (χ1v) is 12.1. The van der Waals surface area contributed by atoms with Crippen LogP contribution in [0.2, 0.25) is 0 Å². The van der Waals surface area contributed by atoms with Gasteiger partial charge < -0.3 is 14.5 Å². The predicted molar refractivity (Wildman–Crippen MR) is 126 cm³/mol. The molecular formula is C23H27N3O2S2. The third-order valence-electron chi connectivity index (χ3n) is 5.31. The molecule has 2 aromatic carbocycles. The number of aryl methyl sites for hydroxylation is 1. The second kappa shape index (κ2) is 9.71.